The number of hydrogen-bond donors (Lipinski definition) is 3. The zero-order valence-electron chi connectivity index (χ0n) is 42.2. The van der Waals surface area contributed by atoms with Crippen LogP contribution < -0.4 is 5.32 Å². The van der Waals surface area contributed by atoms with Crippen LogP contribution in [0.4, 0.5) is 0 Å². The molecule has 0 aromatic heterocycles. The number of carbonyl (C=O) groups is 2. The summed E-state index contributed by atoms with van der Waals surface area (Å²) in [5.41, 5.74) is 0. The van der Waals surface area contributed by atoms with Crippen molar-refractivity contribution in [1.82, 2.24) is 5.32 Å². The highest BCUT2D eigenvalue weighted by Gasteiger charge is 2.24. The second kappa shape index (κ2) is 51.1. The average molecular weight is 886 g/mol. The lowest BCUT2D eigenvalue weighted by Gasteiger charge is -2.24. The Labute approximate surface area is 392 Å². The SMILES string of the molecule is CCCC/C=C\CCCCCC(CC(=O)NC(CO)C(O)CCCCCCCCCCCCCCCCCC)OC(=O)CCCCCCCCCCC/C=C\C/C=C\CCCCC. The van der Waals surface area contributed by atoms with Gasteiger partial charge in [0.05, 0.1) is 25.2 Å². The summed E-state index contributed by atoms with van der Waals surface area (Å²) in [4.78, 5) is 26.1. The van der Waals surface area contributed by atoms with Gasteiger partial charge in [-0.15, -0.1) is 0 Å². The van der Waals surface area contributed by atoms with E-state index in [2.05, 4.69) is 62.5 Å². The highest BCUT2D eigenvalue weighted by molar-refractivity contribution is 5.77. The summed E-state index contributed by atoms with van der Waals surface area (Å²) in [6.45, 7) is 6.43. The van der Waals surface area contributed by atoms with Crippen LogP contribution in [0.3, 0.4) is 0 Å². The zero-order valence-corrected chi connectivity index (χ0v) is 42.2. The molecule has 6 heteroatoms. The molecule has 0 aliphatic rings. The number of amides is 1. The van der Waals surface area contributed by atoms with Crippen LogP contribution in [0.25, 0.3) is 0 Å². The van der Waals surface area contributed by atoms with E-state index in [1.165, 1.54) is 173 Å². The first kappa shape index (κ1) is 61.1. The summed E-state index contributed by atoms with van der Waals surface area (Å²) < 4.78 is 5.92. The van der Waals surface area contributed by atoms with Crippen molar-refractivity contribution in [2.75, 3.05) is 6.61 Å². The van der Waals surface area contributed by atoms with Crippen molar-refractivity contribution in [3.8, 4) is 0 Å². The van der Waals surface area contributed by atoms with E-state index >= 15 is 0 Å². The lowest BCUT2D eigenvalue weighted by atomic mass is 10.0. The number of carbonyl (C=O) groups excluding carboxylic acids is 2. The van der Waals surface area contributed by atoms with Crippen molar-refractivity contribution in [3.05, 3.63) is 36.5 Å². The molecule has 63 heavy (non-hydrogen) atoms. The number of nitrogens with one attached hydrogen (secondary N) is 1. The van der Waals surface area contributed by atoms with E-state index in [9.17, 15) is 19.8 Å². The second-order valence-electron chi connectivity index (χ2n) is 19.0. The summed E-state index contributed by atoms with van der Waals surface area (Å²) >= 11 is 0. The Bertz CT molecular complexity index is 1040. The van der Waals surface area contributed by atoms with Crippen molar-refractivity contribution in [2.45, 2.75) is 309 Å². The molecule has 1 amide bonds. The second-order valence-corrected chi connectivity index (χ2v) is 19.0. The molecule has 0 radical (unpaired) electrons. The van der Waals surface area contributed by atoms with Gasteiger partial charge in [-0.3, -0.25) is 9.59 Å². The van der Waals surface area contributed by atoms with Crippen LogP contribution in [-0.4, -0.2) is 46.9 Å². The van der Waals surface area contributed by atoms with Gasteiger partial charge in [0.15, 0.2) is 0 Å². The summed E-state index contributed by atoms with van der Waals surface area (Å²) in [5.74, 6) is -0.486. The van der Waals surface area contributed by atoms with Crippen molar-refractivity contribution in [1.29, 1.82) is 0 Å². The van der Waals surface area contributed by atoms with Gasteiger partial charge in [0.1, 0.15) is 6.10 Å². The Morgan fingerprint density at radius 2 is 0.825 bits per heavy atom. The molecule has 0 spiro atoms. The molecule has 6 nitrogen and oxygen atoms in total. The molecule has 0 aliphatic heterocycles. The predicted molar refractivity (Wildman–Crippen MR) is 273 cm³/mol. The Morgan fingerprint density at radius 3 is 1.32 bits per heavy atom. The standard InChI is InChI=1S/C57H107NO5/c1-4-7-10-13-16-19-21-23-25-27-28-29-31-33-35-38-41-44-47-50-57(62)63-53(48-45-42-39-36-18-15-12-9-6-3)51-56(61)58-54(52-59)55(60)49-46-43-40-37-34-32-30-26-24-22-20-17-14-11-8-5-2/h15-16,18-19,23,25,53-55,59-60H,4-14,17,20-22,24,26-52H2,1-3H3,(H,58,61)/b18-15-,19-16-,25-23-. The first-order chi connectivity index (χ1) is 31.0. The molecule has 370 valence electrons. The van der Waals surface area contributed by atoms with Crippen molar-refractivity contribution in [2.24, 2.45) is 0 Å². The lowest BCUT2D eigenvalue weighted by Crippen LogP contribution is -2.46. The Morgan fingerprint density at radius 1 is 0.460 bits per heavy atom. The van der Waals surface area contributed by atoms with Gasteiger partial charge in [-0.05, 0) is 77.0 Å². The van der Waals surface area contributed by atoms with Crippen LogP contribution in [-0.2, 0) is 14.3 Å². The van der Waals surface area contributed by atoms with E-state index in [1.807, 2.05) is 0 Å². The molecule has 3 unspecified atom stereocenters. The lowest BCUT2D eigenvalue weighted by molar-refractivity contribution is -0.151. The number of esters is 1. The Kier molecular flexibility index (Phi) is 49.5. The Hall–Kier alpha value is -1.92. The van der Waals surface area contributed by atoms with Crippen LogP contribution >= 0.6 is 0 Å². The fourth-order valence-electron chi connectivity index (χ4n) is 8.44. The molecule has 0 heterocycles. The number of aliphatic hydroxyl groups is 2. The third-order valence-electron chi connectivity index (χ3n) is 12.7. The number of hydrogen-bond acceptors (Lipinski definition) is 5. The topological polar surface area (TPSA) is 95.9 Å². The highest BCUT2D eigenvalue weighted by atomic mass is 16.5. The van der Waals surface area contributed by atoms with Gasteiger partial charge in [0.25, 0.3) is 0 Å². The fourth-order valence-corrected chi connectivity index (χ4v) is 8.44. The molecule has 0 aromatic rings. The van der Waals surface area contributed by atoms with Gasteiger partial charge in [-0.25, -0.2) is 0 Å². The first-order valence-electron chi connectivity index (χ1n) is 27.7. The van der Waals surface area contributed by atoms with Crippen LogP contribution in [0.2, 0.25) is 0 Å². The number of allylic oxidation sites excluding steroid dienone is 6. The van der Waals surface area contributed by atoms with Crippen LogP contribution in [0.15, 0.2) is 36.5 Å². The third kappa shape index (κ3) is 46.4. The summed E-state index contributed by atoms with van der Waals surface area (Å²) in [5, 5.41) is 23.8. The molecule has 3 atom stereocenters. The maximum Gasteiger partial charge on any atom is 0.306 e. The van der Waals surface area contributed by atoms with E-state index in [4.69, 9.17) is 4.74 Å². The van der Waals surface area contributed by atoms with E-state index in [0.29, 0.717) is 19.3 Å². The van der Waals surface area contributed by atoms with Crippen molar-refractivity contribution >= 4 is 11.9 Å². The molecule has 0 aromatic carbocycles. The van der Waals surface area contributed by atoms with Gasteiger partial charge in [0, 0.05) is 6.42 Å². The predicted octanol–water partition coefficient (Wildman–Crippen LogP) is 16.8. The third-order valence-corrected chi connectivity index (χ3v) is 12.7. The fraction of sp³-hybridized carbons (Fsp3) is 0.860. The number of rotatable bonds is 50. The molecule has 0 saturated heterocycles. The van der Waals surface area contributed by atoms with Gasteiger partial charge in [0.2, 0.25) is 5.91 Å². The minimum absolute atomic E-state index is 0.0672. The normalized spacial score (nSPS) is 13.4. The monoisotopic (exact) mass is 886 g/mol. The summed E-state index contributed by atoms with van der Waals surface area (Å²) in [6.07, 6.45) is 60.7. The van der Waals surface area contributed by atoms with Gasteiger partial charge in [-0.1, -0.05) is 237 Å². The minimum atomic E-state index is -0.790. The minimum Gasteiger partial charge on any atom is -0.462 e. The van der Waals surface area contributed by atoms with E-state index in [0.717, 1.165) is 70.6 Å². The van der Waals surface area contributed by atoms with Gasteiger partial charge in [-0.2, -0.15) is 0 Å². The maximum absolute atomic E-state index is 13.2. The highest BCUT2D eigenvalue weighted by Crippen LogP contribution is 2.18. The van der Waals surface area contributed by atoms with Crippen molar-refractivity contribution in [3.63, 3.8) is 0 Å². The average Bonchev–Trinajstić information content (AvgIpc) is 3.28. The molecule has 0 fully saturated rings. The summed E-state index contributed by atoms with van der Waals surface area (Å²) in [6, 6.07) is -0.704. The number of unbranched alkanes of at least 4 members (excludes halogenated alkanes) is 32. The maximum atomic E-state index is 13.2. The molecular weight excluding hydrogens is 779 g/mol. The molecule has 3 N–H and O–H groups in total. The van der Waals surface area contributed by atoms with Crippen LogP contribution in [0.5, 0.6) is 0 Å². The van der Waals surface area contributed by atoms with Crippen LogP contribution in [0, 0.1) is 0 Å². The number of aliphatic hydroxyl groups excluding tert-OH is 2. The van der Waals surface area contributed by atoms with E-state index in [-0.39, 0.29) is 24.9 Å². The molecular formula is C57H107NO5. The van der Waals surface area contributed by atoms with Gasteiger partial charge < -0.3 is 20.3 Å². The largest absolute Gasteiger partial charge is 0.462 e. The van der Waals surface area contributed by atoms with Crippen molar-refractivity contribution < 1.29 is 24.5 Å². The van der Waals surface area contributed by atoms with E-state index in [1.54, 1.807) is 0 Å². The molecule has 0 bridgehead atoms. The molecule has 0 saturated carbocycles. The van der Waals surface area contributed by atoms with Crippen LogP contribution in [0.1, 0.15) is 290 Å². The summed E-state index contributed by atoms with van der Waals surface area (Å²) in [7, 11) is 0. The molecule has 0 aliphatic carbocycles. The van der Waals surface area contributed by atoms with E-state index < -0.39 is 18.2 Å². The molecule has 0 rings (SSSR count). The number of ether oxygens (including phenoxy) is 1. The first-order valence-corrected chi connectivity index (χ1v) is 27.7. The smallest absolute Gasteiger partial charge is 0.306 e. The quantitative estimate of drug-likeness (QED) is 0.0321. The zero-order chi connectivity index (χ0) is 45.9. The van der Waals surface area contributed by atoms with Gasteiger partial charge >= 0.3 is 5.97 Å². The Balaban J connectivity index is 4.39.